The van der Waals surface area contributed by atoms with Gasteiger partial charge in [-0.2, -0.15) is 0 Å². The molecule has 0 spiro atoms. The van der Waals surface area contributed by atoms with Gasteiger partial charge in [-0.1, -0.05) is 41.0 Å². The van der Waals surface area contributed by atoms with Crippen molar-refractivity contribution >= 4 is 68.1 Å². The maximum atomic E-state index is 12.2. The highest BCUT2D eigenvalue weighted by atomic mass is 35.5. The zero-order valence-electron chi connectivity index (χ0n) is 12.9. The summed E-state index contributed by atoms with van der Waals surface area (Å²) in [4.78, 5) is 23.0. The van der Waals surface area contributed by atoms with E-state index >= 15 is 0 Å². The number of amides is 1. The lowest BCUT2D eigenvalue weighted by Gasteiger charge is -2.08. The van der Waals surface area contributed by atoms with Gasteiger partial charge in [-0.15, -0.1) is 11.3 Å². The summed E-state index contributed by atoms with van der Waals surface area (Å²) in [5.41, 5.74) is 1.67. The van der Waals surface area contributed by atoms with Crippen molar-refractivity contribution in [2.45, 2.75) is 18.9 Å². The number of benzene rings is 1. The number of carbonyl (C=O) groups is 1. The van der Waals surface area contributed by atoms with Crippen LogP contribution in [-0.2, 0) is 4.79 Å². The predicted molar refractivity (Wildman–Crippen MR) is 103 cm³/mol. The second-order valence-corrected chi connectivity index (χ2v) is 8.03. The van der Waals surface area contributed by atoms with Gasteiger partial charge in [0.25, 0.3) is 0 Å². The van der Waals surface area contributed by atoms with Crippen LogP contribution in [0, 0.1) is 13.8 Å². The average Bonchev–Trinajstić information content (AvgIpc) is 2.85. The molecule has 1 aromatic carbocycles. The van der Waals surface area contributed by atoms with Crippen LogP contribution in [0.1, 0.15) is 10.4 Å². The number of aryl methyl sites for hydroxylation is 2. The molecule has 0 aliphatic heterocycles. The summed E-state index contributed by atoms with van der Waals surface area (Å²) < 4.78 is 0. The molecule has 24 heavy (non-hydrogen) atoms. The lowest BCUT2D eigenvalue weighted by atomic mass is 10.2. The minimum atomic E-state index is -0.166. The minimum absolute atomic E-state index is 0.166. The first kappa shape index (κ1) is 17.5. The van der Waals surface area contributed by atoms with Gasteiger partial charge < -0.3 is 5.32 Å². The van der Waals surface area contributed by atoms with E-state index in [-0.39, 0.29) is 11.7 Å². The van der Waals surface area contributed by atoms with Crippen molar-refractivity contribution < 1.29 is 4.79 Å². The fraction of sp³-hybridized carbons (Fsp3) is 0.188. The Bertz CT molecular complexity index is 927. The summed E-state index contributed by atoms with van der Waals surface area (Å²) in [6.07, 6.45) is 1.53. The summed E-state index contributed by atoms with van der Waals surface area (Å²) >= 11 is 15.1. The molecule has 0 aliphatic carbocycles. The lowest BCUT2D eigenvalue weighted by molar-refractivity contribution is -0.113. The second kappa shape index (κ2) is 7.27. The molecule has 0 aliphatic rings. The number of aromatic nitrogens is 2. The summed E-state index contributed by atoms with van der Waals surface area (Å²) in [6.45, 7) is 4.11. The fourth-order valence-electron chi connectivity index (χ4n) is 2.18. The van der Waals surface area contributed by atoms with E-state index in [1.54, 1.807) is 29.5 Å². The van der Waals surface area contributed by atoms with Crippen molar-refractivity contribution in [2.75, 3.05) is 11.1 Å². The maximum absolute atomic E-state index is 12.2. The van der Waals surface area contributed by atoms with Crippen LogP contribution in [-0.4, -0.2) is 21.6 Å². The van der Waals surface area contributed by atoms with Crippen molar-refractivity contribution in [2.24, 2.45) is 0 Å². The van der Waals surface area contributed by atoms with E-state index < -0.39 is 0 Å². The second-order valence-electron chi connectivity index (χ2n) is 5.08. The maximum Gasteiger partial charge on any atom is 0.234 e. The Morgan fingerprint density at radius 3 is 2.88 bits per heavy atom. The monoisotopic (exact) mass is 397 g/mol. The molecule has 0 bridgehead atoms. The molecule has 124 valence electrons. The van der Waals surface area contributed by atoms with Gasteiger partial charge >= 0.3 is 0 Å². The highest BCUT2D eigenvalue weighted by molar-refractivity contribution is 8.00. The van der Waals surface area contributed by atoms with E-state index in [0.29, 0.717) is 15.7 Å². The Morgan fingerprint density at radius 1 is 1.29 bits per heavy atom. The number of nitrogens with one attached hydrogen (secondary N) is 1. The quantitative estimate of drug-likeness (QED) is 0.476. The first-order valence-electron chi connectivity index (χ1n) is 7.04. The van der Waals surface area contributed by atoms with Crippen LogP contribution < -0.4 is 5.32 Å². The minimum Gasteiger partial charge on any atom is -0.324 e. The number of thioether (sulfide) groups is 1. The molecule has 3 aromatic rings. The zero-order chi connectivity index (χ0) is 17.3. The number of fused-ring (bicyclic) bond motifs is 1. The molecule has 0 saturated heterocycles. The first-order chi connectivity index (χ1) is 11.5. The van der Waals surface area contributed by atoms with Gasteiger partial charge in [0.15, 0.2) is 0 Å². The van der Waals surface area contributed by atoms with Gasteiger partial charge in [0.05, 0.1) is 21.5 Å². The Morgan fingerprint density at radius 2 is 2.08 bits per heavy atom. The summed E-state index contributed by atoms with van der Waals surface area (Å²) in [5, 5.41) is 5.36. The molecular weight excluding hydrogens is 385 g/mol. The van der Waals surface area contributed by atoms with Crippen LogP contribution >= 0.6 is 46.3 Å². The largest absolute Gasteiger partial charge is 0.324 e. The summed E-state index contributed by atoms with van der Waals surface area (Å²) in [7, 11) is 0. The van der Waals surface area contributed by atoms with Crippen molar-refractivity contribution in [1.29, 1.82) is 0 Å². The molecule has 2 aromatic heterocycles. The standard InChI is InChI=1S/C16H13Cl2N3OS2/c1-8-9(2)24-16-13(8)15(19-7-20-16)23-6-12(22)21-11-5-3-4-10(17)14(11)18/h3-5,7H,6H2,1-2H3,(H,21,22). The fourth-order valence-corrected chi connectivity index (χ4v) is 4.45. The van der Waals surface area contributed by atoms with Gasteiger partial charge in [-0.05, 0) is 31.5 Å². The summed E-state index contributed by atoms with van der Waals surface area (Å²) in [6, 6.07) is 5.13. The molecule has 2 heterocycles. The number of rotatable bonds is 4. The van der Waals surface area contributed by atoms with E-state index in [1.807, 2.05) is 6.92 Å². The number of anilines is 1. The van der Waals surface area contributed by atoms with Gasteiger partial charge in [0, 0.05) is 10.3 Å². The highest BCUT2D eigenvalue weighted by Gasteiger charge is 2.14. The third-order valence-corrected chi connectivity index (χ3v) is 6.42. The lowest BCUT2D eigenvalue weighted by Crippen LogP contribution is -2.14. The van der Waals surface area contributed by atoms with E-state index in [0.717, 1.165) is 20.8 Å². The normalized spacial score (nSPS) is 11.0. The number of nitrogens with zero attached hydrogens (tertiary/aromatic N) is 2. The smallest absolute Gasteiger partial charge is 0.234 e. The third kappa shape index (κ3) is 3.52. The van der Waals surface area contributed by atoms with E-state index in [2.05, 4.69) is 22.2 Å². The summed E-state index contributed by atoms with van der Waals surface area (Å²) in [5.74, 6) is 0.0593. The molecule has 0 fully saturated rings. The van der Waals surface area contributed by atoms with Crippen LogP contribution in [0.2, 0.25) is 10.0 Å². The number of hydrogen-bond donors (Lipinski definition) is 1. The first-order valence-corrected chi connectivity index (χ1v) is 9.60. The Labute approximate surface area is 157 Å². The van der Waals surface area contributed by atoms with Crippen molar-refractivity contribution in [3.05, 3.63) is 45.0 Å². The highest BCUT2D eigenvalue weighted by Crippen LogP contribution is 2.34. The molecule has 0 radical (unpaired) electrons. The van der Waals surface area contributed by atoms with Crippen LogP contribution in [0.25, 0.3) is 10.2 Å². The molecule has 0 atom stereocenters. The SMILES string of the molecule is Cc1sc2ncnc(SCC(=O)Nc3cccc(Cl)c3Cl)c2c1C. The molecule has 4 nitrogen and oxygen atoms in total. The average molecular weight is 398 g/mol. The topological polar surface area (TPSA) is 54.9 Å². The number of thiophene rings is 1. The van der Waals surface area contributed by atoms with Crippen LogP contribution in [0.4, 0.5) is 5.69 Å². The molecule has 8 heteroatoms. The molecule has 0 unspecified atom stereocenters. The van der Waals surface area contributed by atoms with Crippen molar-refractivity contribution in [3.63, 3.8) is 0 Å². The van der Waals surface area contributed by atoms with Crippen molar-refractivity contribution in [1.82, 2.24) is 9.97 Å². The van der Waals surface area contributed by atoms with E-state index in [4.69, 9.17) is 23.2 Å². The Balaban J connectivity index is 1.74. The number of hydrogen-bond acceptors (Lipinski definition) is 5. The molecule has 3 rings (SSSR count). The molecule has 1 N–H and O–H groups in total. The van der Waals surface area contributed by atoms with Gasteiger partial charge in [-0.25, -0.2) is 9.97 Å². The van der Waals surface area contributed by atoms with Crippen LogP contribution in [0.5, 0.6) is 0 Å². The van der Waals surface area contributed by atoms with Crippen LogP contribution in [0.3, 0.4) is 0 Å². The van der Waals surface area contributed by atoms with Gasteiger partial charge in [0.2, 0.25) is 5.91 Å². The van der Waals surface area contributed by atoms with E-state index in [9.17, 15) is 4.79 Å². The van der Waals surface area contributed by atoms with E-state index in [1.165, 1.54) is 23.0 Å². The van der Waals surface area contributed by atoms with Crippen LogP contribution in [0.15, 0.2) is 29.6 Å². The van der Waals surface area contributed by atoms with Gasteiger partial charge in [-0.3, -0.25) is 4.79 Å². The zero-order valence-corrected chi connectivity index (χ0v) is 16.0. The van der Waals surface area contributed by atoms with Gasteiger partial charge in [0.1, 0.15) is 16.2 Å². The third-order valence-electron chi connectivity index (χ3n) is 3.50. The molecule has 0 saturated carbocycles. The molecule has 1 amide bonds. The Hall–Kier alpha value is -1.34. The molecular formula is C16H13Cl2N3OS2. The number of carbonyl (C=O) groups excluding carboxylic acids is 1. The van der Waals surface area contributed by atoms with Crippen molar-refractivity contribution in [3.8, 4) is 0 Å². The number of halogens is 2. The predicted octanol–water partition coefficient (Wildman–Crippen LogP) is 5.35. The Kier molecular flexibility index (Phi) is 5.30.